The predicted molar refractivity (Wildman–Crippen MR) is 135 cm³/mol. The Hall–Kier alpha value is -3.08. The molecule has 0 saturated carbocycles. The molecule has 34 heavy (non-hydrogen) atoms. The largest absolute Gasteiger partial charge is 0.495 e. The summed E-state index contributed by atoms with van der Waals surface area (Å²) in [6, 6.07) is 11.5. The number of para-hydroxylation sites is 1. The molecule has 0 saturated heterocycles. The highest BCUT2D eigenvalue weighted by Gasteiger charge is 2.23. The molecular weight excluding hydrogens is 501 g/mol. The van der Waals surface area contributed by atoms with Gasteiger partial charge in [-0.1, -0.05) is 23.7 Å². The maximum atomic E-state index is 12.8. The minimum absolute atomic E-state index is 0.138. The molecule has 12 heteroatoms. The Morgan fingerprint density at radius 2 is 1.85 bits per heavy atom. The summed E-state index contributed by atoms with van der Waals surface area (Å²) in [5.74, 6) is 0.302. The smallest absolute Gasteiger partial charge is 0.239 e. The van der Waals surface area contributed by atoms with Crippen molar-refractivity contribution in [1.29, 1.82) is 0 Å². The van der Waals surface area contributed by atoms with Gasteiger partial charge in [0.05, 0.1) is 34.8 Å². The van der Waals surface area contributed by atoms with Gasteiger partial charge in [-0.2, -0.15) is 4.98 Å². The molecule has 3 N–H and O–H groups in total. The van der Waals surface area contributed by atoms with Gasteiger partial charge in [0.15, 0.2) is 15.7 Å². The molecule has 1 amide bonds. The van der Waals surface area contributed by atoms with Crippen molar-refractivity contribution in [2.24, 2.45) is 0 Å². The van der Waals surface area contributed by atoms with E-state index in [2.05, 4.69) is 25.9 Å². The second-order valence-electron chi connectivity index (χ2n) is 7.33. The fourth-order valence-electron chi connectivity index (χ4n) is 2.91. The Kier molecular flexibility index (Phi) is 8.19. The van der Waals surface area contributed by atoms with E-state index in [1.54, 1.807) is 50.2 Å². The Bertz CT molecular complexity index is 1300. The molecule has 9 nitrogen and oxygen atoms in total. The van der Waals surface area contributed by atoms with Gasteiger partial charge in [-0.25, -0.2) is 13.4 Å². The number of sulfone groups is 1. The van der Waals surface area contributed by atoms with Crippen LogP contribution in [0.25, 0.3) is 0 Å². The molecule has 0 aliphatic carbocycles. The number of carbonyl (C=O) groups is 1. The number of nitrogens with one attached hydrogen (secondary N) is 3. The normalized spacial score (nSPS) is 11.2. The number of hydrogen-bond acceptors (Lipinski definition) is 8. The van der Waals surface area contributed by atoms with Gasteiger partial charge in [-0.3, -0.25) is 4.79 Å². The van der Waals surface area contributed by atoms with E-state index in [1.807, 2.05) is 0 Å². The number of amides is 1. The van der Waals surface area contributed by atoms with Crippen LogP contribution < -0.4 is 20.7 Å². The number of anilines is 5. The summed E-state index contributed by atoms with van der Waals surface area (Å²) in [6.45, 7) is 3.23. The van der Waals surface area contributed by atoms with Crippen molar-refractivity contribution in [3.05, 3.63) is 53.7 Å². The third-order valence-corrected chi connectivity index (χ3v) is 7.39. The van der Waals surface area contributed by atoms with Gasteiger partial charge in [-0.15, -0.1) is 11.6 Å². The Labute approximate surface area is 207 Å². The first kappa shape index (κ1) is 25.5. The number of halogens is 2. The number of hydrogen-bond donors (Lipinski definition) is 3. The summed E-state index contributed by atoms with van der Waals surface area (Å²) in [5, 5.41) is 8.26. The van der Waals surface area contributed by atoms with Crippen LogP contribution in [0.1, 0.15) is 13.8 Å². The van der Waals surface area contributed by atoms with Crippen LogP contribution in [0.2, 0.25) is 5.02 Å². The lowest BCUT2D eigenvalue weighted by molar-refractivity contribution is -0.113. The lowest BCUT2D eigenvalue weighted by Crippen LogP contribution is -2.15. The first-order valence-electron chi connectivity index (χ1n) is 10.1. The molecule has 0 aliphatic heterocycles. The maximum absolute atomic E-state index is 12.8. The quantitative estimate of drug-likeness (QED) is 0.335. The van der Waals surface area contributed by atoms with Gasteiger partial charge >= 0.3 is 0 Å². The number of nitrogens with zero attached hydrogens (tertiary/aromatic N) is 2. The van der Waals surface area contributed by atoms with Crippen LogP contribution in [0, 0.1) is 0 Å². The van der Waals surface area contributed by atoms with Crippen molar-refractivity contribution in [2.45, 2.75) is 24.0 Å². The molecule has 1 heterocycles. The predicted octanol–water partition coefficient (Wildman–Crippen LogP) is 4.99. The molecule has 0 atom stereocenters. The van der Waals surface area contributed by atoms with Crippen molar-refractivity contribution < 1.29 is 17.9 Å². The molecule has 180 valence electrons. The van der Waals surface area contributed by atoms with Gasteiger partial charge in [0.2, 0.25) is 11.9 Å². The fourth-order valence-corrected chi connectivity index (χ4v) is 4.32. The SMILES string of the molecule is COc1ccc(NC(=O)CCl)cc1Nc1ncc(Cl)c(Nc2ccccc2S(=O)(=O)C(C)C)n1. The van der Waals surface area contributed by atoms with Crippen LogP contribution in [0.4, 0.5) is 28.8 Å². The second-order valence-corrected chi connectivity index (χ2v) is 10.5. The van der Waals surface area contributed by atoms with E-state index in [9.17, 15) is 13.2 Å². The van der Waals surface area contributed by atoms with Gasteiger partial charge in [-0.05, 0) is 44.2 Å². The summed E-state index contributed by atoms with van der Waals surface area (Å²) in [6.07, 6.45) is 1.38. The van der Waals surface area contributed by atoms with Crippen LogP contribution in [0.15, 0.2) is 53.6 Å². The van der Waals surface area contributed by atoms with E-state index in [4.69, 9.17) is 27.9 Å². The summed E-state index contributed by atoms with van der Waals surface area (Å²) >= 11 is 11.8. The van der Waals surface area contributed by atoms with Crippen LogP contribution >= 0.6 is 23.2 Å². The van der Waals surface area contributed by atoms with E-state index in [1.165, 1.54) is 19.4 Å². The minimum Gasteiger partial charge on any atom is -0.495 e. The molecule has 3 aromatic rings. The van der Waals surface area contributed by atoms with Gasteiger partial charge in [0, 0.05) is 5.69 Å². The van der Waals surface area contributed by atoms with Crippen LogP contribution in [0.5, 0.6) is 5.75 Å². The molecule has 0 aliphatic rings. The standard InChI is InChI=1S/C22H23Cl2N5O4S/c1-13(2)34(31,32)19-7-5-4-6-16(19)27-21-15(24)12-25-22(29-21)28-17-10-14(26-20(30)11-23)8-9-18(17)33-3/h4-10,12-13H,11H2,1-3H3,(H,26,30)(H2,25,27,28,29). The number of ether oxygens (including phenoxy) is 1. The zero-order valence-electron chi connectivity index (χ0n) is 18.6. The molecule has 1 aromatic heterocycles. The van der Waals surface area contributed by atoms with Crippen LogP contribution in [0.3, 0.4) is 0 Å². The van der Waals surface area contributed by atoms with Gasteiger partial charge in [0.25, 0.3) is 0 Å². The number of rotatable bonds is 9. The zero-order chi connectivity index (χ0) is 24.9. The van der Waals surface area contributed by atoms with E-state index in [0.717, 1.165) is 0 Å². The lowest BCUT2D eigenvalue weighted by atomic mass is 10.2. The third kappa shape index (κ3) is 5.88. The van der Waals surface area contributed by atoms with Crippen molar-refractivity contribution in [3.8, 4) is 5.75 Å². The highest BCUT2D eigenvalue weighted by molar-refractivity contribution is 7.92. The second kappa shape index (κ2) is 10.9. The molecular formula is C22H23Cl2N5O4S. The zero-order valence-corrected chi connectivity index (χ0v) is 20.9. The van der Waals surface area contributed by atoms with Crippen molar-refractivity contribution in [3.63, 3.8) is 0 Å². The molecule has 0 spiro atoms. The number of benzene rings is 2. The Morgan fingerprint density at radius 3 is 2.53 bits per heavy atom. The highest BCUT2D eigenvalue weighted by Crippen LogP contribution is 2.33. The summed E-state index contributed by atoms with van der Waals surface area (Å²) in [5.41, 5.74) is 1.31. The minimum atomic E-state index is -3.55. The maximum Gasteiger partial charge on any atom is 0.239 e. The Balaban J connectivity index is 1.94. The molecule has 3 rings (SSSR count). The number of carbonyl (C=O) groups excluding carboxylic acids is 1. The average Bonchev–Trinajstić information content (AvgIpc) is 2.81. The van der Waals surface area contributed by atoms with Crippen molar-refractivity contribution in [1.82, 2.24) is 9.97 Å². The number of alkyl halides is 1. The fraction of sp³-hybridized carbons (Fsp3) is 0.227. The van der Waals surface area contributed by atoms with Gasteiger partial charge < -0.3 is 20.7 Å². The highest BCUT2D eigenvalue weighted by atomic mass is 35.5. The molecule has 0 radical (unpaired) electrons. The van der Waals surface area contributed by atoms with E-state index in [0.29, 0.717) is 22.8 Å². The molecule has 2 aromatic carbocycles. The molecule has 0 bridgehead atoms. The summed E-state index contributed by atoms with van der Waals surface area (Å²) < 4.78 is 30.9. The summed E-state index contributed by atoms with van der Waals surface area (Å²) in [4.78, 5) is 20.3. The van der Waals surface area contributed by atoms with Crippen molar-refractivity contribution >= 4 is 67.8 Å². The van der Waals surface area contributed by atoms with Gasteiger partial charge in [0.1, 0.15) is 16.7 Å². The van der Waals surface area contributed by atoms with E-state index >= 15 is 0 Å². The van der Waals surface area contributed by atoms with E-state index < -0.39 is 15.1 Å². The Morgan fingerprint density at radius 1 is 1.12 bits per heavy atom. The lowest BCUT2D eigenvalue weighted by Gasteiger charge is -2.16. The van der Waals surface area contributed by atoms with E-state index in [-0.39, 0.29) is 33.5 Å². The first-order chi connectivity index (χ1) is 16.1. The molecule has 0 unspecified atom stereocenters. The number of aromatic nitrogens is 2. The summed E-state index contributed by atoms with van der Waals surface area (Å²) in [7, 11) is -2.05. The first-order valence-corrected chi connectivity index (χ1v) is 12.5. The number of methoxy groups -OCH3 is 1. The monoisotopic (exact) mass is 523 g/mol. The topological polar surface area (TPSA) is 122 Å². The van der Waals surface area contributed by atoms with Crippen LogP contribution in [-0.2, 0) is 14.6 Å². The van der Waals surface area contributed by atoms with Crippen molar-refractivity contribution in [2.75, 3.05) is 28.9 Å². The molecule has 0 fully saturated rings. The van der Waals surface area contributed by atoms with Crippen LogP contribution in [-0.4, -0.2) is 42.5 Å². The third-order valence-electron chi connectivity index (χ3n) is 4.66. The average molecular weight is 524 g/mol.